The van der Waals surface area contributed by atoms with Crippen LogP contribution >= 0.6 is 0 Å². The molecule has 31 heavy (non-hydrogen) atoms. The van der Waals surface area contributed by atoms with Gasteiger partial charge in [0.15, 0.2) is 0 Å². The van der Waals surface area contributed by atoms with E-state index in [-0.39, 0.29) is 17.1 Å². The van der Waals surface area contributed by atoms with E-state index in [0.29, 0.717) is 44.6 Å². The number of aromatic nitrogens is 1. The smallest absolute Gasteiger partial charge is 0.254 e. The van der Waals surface area contributed by atoms with Crippen molar-refractivity contribution < 1.29 is 14.2 Å². The lowest BCUT2D eigenvalue weighted by molar-refractivity contribution is -0.101. The zero-order chi connectivity index (χ0) is 21.6. The van der Waals surface area contributed by atoms with Gasteiger partial charge < -0.3 is 18.8 Å². The highest BCUT2D eigenvalue weighted by molar-refractivity contribution is 5.73. The van der Waals surface area contributed by atoms with Crippen molar-refractivity contribution in [2.45, 2.75) is 51.7 Å². The zero-order valence-electron chi connectivity index (χ0n) is 18.5. The summed E-state index contributed by atoms with van der Waals surface area (Å²) in [6, 6.07) is 8.01. The van der Waals surface area contributed by atoms with E-state index >= 15 is 0 Å². The molecule has 1 atom stereocenters. The van der Waals surface area contributed by atoms with Crippen LogP contribution in [0.2, 0.25) is 0 Å². The van der Waals surface area contributed by atoms with E-state index in [4.69, 9.17) is 14.2 Å². The molecule has 1 aromatic heterocycles. The minimum absolute atomic E-state index is 0.0345. The van der Waals surface area contributed by atoms with E-state index in [1.165, 1.54) is 18.4 Å². The van der Waals surface area contributed by atoms with Crippen LogP contribution in [0.1, 0.15) is 43.4 Å². The minimum atomic E-state index is -0.161. The third kappa shape index (κ3) is 4.03. The molecule has 0 unspecified atom stereocenters. The predicted octanol–water partition coefficient (Wildman–Crippen LogP) is 3.67. The molecule has 2 aliphatic heterocycles. The van der Waals surface area contributed by atoms with Crippen LogP contribution in [0, 0.1) is 24.7 Å². The fourth-order valence-electron chi connectivity index (χ4n) is 4.48. The Bertz CT molecular complexity index is 1120. The zero-order valence-corrected chi connectivity index (χ0v) is 18.5. The molecule has 162 valence electrons. The first-order valence-corrected chi connectivity index (χ1v) is 11.2. The van der Waals surface area contributed by atoms with Crippen molar-refractivity contribution in [3.63, 3.8) is 0 Å². The second-order valence-corrected chi connectivity index (χ2v) is 9.47. The van der Waals surface area contributed by atoms with E-state index < -0.39 is 0 Å². The lowest BCUT2D eigenvalue weighted by Gasteiger charge is -2.36. The van der Waals surface area contributed by atoms with E-state index in [1.807, 2.05) is 11.5 Å². The molecule has 1 aliphatic carbocycles. The summed E-state index contributed by atoms with van der Waals surface area (Å²) < 4.78 is 19.1. The first-order chi connectivity index (χ1) is 14.9. The summed E-state index contributed by atoms with van der Waals surface area (Å²) in [5.41, 5.74) is 5.10. The summed E-state index contributed by atoms with van der Waals surface area (Å²) in [6.45, 7) is 9.14. The average molecular weight is 420 g/mol. The number of ether oxygens (including phenoxy) is 3. The molecule has 0 radical (unpaired) electrons. The summed E-state index contributed by atoms with van der Waals surface area (Å²) in [5.74, 6) is 7.89. The molecule has 0 amide bonds. The molecule has 3 heterocycles. The number of hydrogen-bond donors (Lipinski definition) is 0. The molecule has 1 saturated heterocycles. The van der Waals surface area contributed by atoms with Gasteiger partial charge in [-0.25, -0.2) is 0 Å². The number of nitrogens with zero attached hydrogens (tertiary/aromatic N) is 1. The van der Waals surface area contributed by atoms with Gasteiger partial charge in [-0.3, -0.25) is 4.79 Å². The molecule has 5 nitrogen and oxygen atoms in total. The van der Waals surface area contributed by atoms with Crippen molar-refractivity contribution >= 4 is 0 Å². The Hall–Kier alpha value is -2.55. The molecule has 2 fully saturated rings. The Balaban J connectivity index is 1.52. The predicted molar refractivity (Wildman–Crippen MR) is 120 cm³/mol. The largest absolute Gasteiger partial charge is 0.490 e. The molecule has 0 spiro atoms. The van der Waals surface area contributed by atoms with E-state index in [1.54, 1.807) is 6.07 Å². The highest BCUT2D eigenvalue weighted by Crippen LogP contribution is 2.42. The van der Waals surface area contributed by atoms with Crippen molar-refractivity contribution in [3.8, 4) is 28.8 Å². The second-order valence-electron chi connectivity index (χ2n) is 9.47. The molecule has 2 aromatic rings. The average Bonchev–Trinajstić information content (AvgIpc) is 3.59. The van der Waals surface area contributed by atoms with Crippen LogP contribution in [0.15, 0.2) is 29.1 Å². The van der Waals surface area contributed by atoms with Crippen molar-refractivity contribution in [2.24, 2.45) is 5.92 Å². The monoisotopic (exact) mass is 419 g/mol. The van der Waals surface area contributed by atoms with Crippen LogP contribution < -0.4 is 10.3 Å². The van der Waals surface area contributed by atoms with Crippen LogP contribution in [-0.2, 0) is 21.4 Å². The Labute approximate surface area is 183 Å². The molecule has 1 saturated carbocycles. The first-order valence-electron chi connectivity index (χ1n) is 11.2. The first kappa shape index (κ1) is 20.4. The van der Waals surface area contributed by atoms with E-state index in [2.05, 4.69) is 43.9 Å². The van der Waals surface area contributed by atoms with Crippen molar-refractivity contribution in [1.82, 2.24) is 4.57 Å². The van der Waals surface area contributed by atoms with Crippen molar-refractivity contribution in [1.29, 1.82) is 0 Å². The van der Waals surface area contributed by atoms with Gasteiger partial charge in [-0.05, 0) is 37.5 Å². The molecule has 3 aliphatic rings. The maximum atomic E-state index is 13.0. The number of hydrogen-bond acceptors (Lipinski definition) is 4. The molecule has 0 bridgehead atoms. The standard InChI is InChI=1S/C26H29NO4/c1-17-23(31-15-20-14-29-10-11-30-20)13-24(28)27-16-26(2,3)22-12-19(7-6-18-4-5-18)8-9-21(22)25(17)27/h8-9,12-13,18,20H,4-5,10-11,14-16H2,1-3H3/t20-/m0/s1. The van der Waals surface area contributed by atoms with Crippen LogP contribution in [0.25, 0.3) is 11.3 Å². The fourth-order valence-corrected chi connectivity index (χ4v) is 4.48. The summed E-state index contributed by atoms with van der Waals surface area (Å²) in [5, 5.41) is 0. The Morgan fingerprint density at radius 1 is 1.23 bits per heavy atom. The molecule has 0 N–H and O–H groups in total. The molecule has 1 aromatic carbocycles. The number of pyridine rings is 1. The Kier molecular flexibility index (Phi) is 5.16. The summed E-state index contributed by atoms with van der Waals surface area (Å²) in [6.07, 6.45) is 2.34. The second kappa shape index (κ2) is 7.85. The van der Waals surface area contributed by atoms with Gasteiger partial charge in [-0.15, -0.1) is 0 Å². The van der Waals surface area contributed by atoms with Gasteiger partial charge in [0.1, 0.15) is 18.5 Å². The third-order valence-corrected chi connectivity index (χ3v) is 6.38. The lowest BCUT2D eigenvalue weighted by atomic mass is 9.76. The summed E-state index contributed by atoms with van der Waals surface area (Å²) >= 11 is 0. The van der Waals surface area contributed by atoms with Crippen LogP contribution in [0.3, 0.4) is 0 Å². The maximum absolute atomic E-state index is 13.0. The van der Waals surface area contributed by atoms with E-state index in [0.717, 1.165) is 22.4 Å². The third-order valence-electron chi connectivity index (χ3n) is 6.38. The molecular formula is C26H29NO4. The van der Waals surface area contributed by atoms with Crippen molar-refractivity contribution in [3.05, 3.63) is 51.3 Å². The highest BCUT2D eigenvalue weighted by atomic mass is 16.6. The van der Waals surface area contributed by atoms with Gasteiger partial charge in [0.05, 0.1) is 25.5 Å². The Morgan fingerprint density at radius 2 is 2.06 bits per heavy atom. The van der Waals surface area contributed by atoms with Crippen LogP contribution in [0.5, 0.6) is 5.75 Å². The SMILES string of the molecule is Cc1c(OC[C@@H]2COCCO2)cc(=O)n2c1-c1ccc(C#CC3CC3)cc1C(C)(C)C2. The van der Waals surface area contributed by atoms with E-state index in [9.17, 15) is 4.79 Å². The van der Waals surface area contributed by atoms with Gasteiger partial charge >= 0.3 is 0 Å². The topological polar surface area (TPSA) is 49.7 Å². The van der Waals surface area contributed by atoms with Gasteiger partial charge in [-0.2, -0.15) is 0 Å². The van der Waals surface area contributed by atoms with Crippen molar-refractivity contribution in [2.75, 3.05) is 26.4 Å². The lowest BCUT2D eigenvalue weighted by Crippen LogP contribution is -2.37. The van der Waals surface area contributed by atoms with Gasteiger partial charge in [0.25, 0.3) is 5.56 Å². The summed E-state index contributed by atoms with van der Waals surface area (Å²) in [4.78, 5) is 13.0. The van der Waals surface area contributed by atoms with Crippen LogP contribution in [0.4, 0.5) is 0 Å². The molecule has 5 rings (SSSR count). The fraction of sp³-hybridized carbons (Fsp3) is 0.500. The molecular weight excluding hydrogens is 390 g/mol. The minimum Gasteiger partial charge on any atom is -0.490 e. The number of benzene rings is 1. The number of fused-ring (bicyclic) bond motifs is 3. The Morgan fingerprint density at radius 3 is 2.81 bits per heavy atom. The maximum Gasteiger partial charge on any atom is 0.254 e. The van der Waals surface area contributed by atoms with Gasteiger partial charge in [-0.1, -0.05) is 31.8 Å². The van der Waals surface area contributed by atoms with Gasteiger partial charge in [0, 0.05) is 40.6 Å². The van der Waals surface area contributed by atoms with Gasteiger partial charge in [0.2, 0.25) is 0 Å². The number of rotatable bonds is 3. The quantitative estimate of drug-likeness (QED) is 0.713. The van der Waals surface area contributed by atoms with Crippen LogP contribution in [-0.4, -0.2) is 37.1 Å². The molecule has 5 heteroatoms. The highest BCUT2D eigenvalue weighted by Gasteiger charge is 2.33. The normalized spacial score (nSPS) is 21.5. The summed E-state index contributed by atoms with van der Waals surface area (Å²) in [7, 11) is 0.